The van der Waals surface area contributed by atoms with Gasteiger partial charge in [0.25, 0.3) is 0 Å². The second-order valence-corrected chi connectivity index (χ2v) is 3.58. The zero-order valence-corrected chi connectivity index (χ0v) is 8.49. The standard InChI is InChI=1S/C11H13NO3/c1-12-10-6-8(15-7-2-3-7)4-5-9(10)11(13)14/h4-7,12H,2-3H2,1H3,(H,13,14). The van der Waals surface area contributed by atoms with Gasteiger partial charge in [-0.05, 0) is 25.0 Å². The van der Waals surface area contributed by atoms with Crippen LogP contribution in [0.3, 0.4) is 0 Å². The molecule has 80 valence electrons. The summed E-state index contributed by atoms with van der Waals surface area (Å²) in [6.07, 6.45) is 2.51. The third kappa shape index (κ3) is 2.21. The van der Waals surface area contributed by atoms with Crippen molar-refractivity contribution in [2.24, 2.45) is 0 Å². The summed E-state index contributed by atoms with van der Waals surface area (Å²) < 4.78 is 5.57. The molecule has 0 unspecified atom stereocenters. The fourth-order valence-corrected chi connectivity index (χ4v) is 1.37. The van der Waals surface area contributed by atoms with Crippen molar-refractivity contribution in [2.75, 3.05) is 12.4 Å². The number of rotatable bonds is 4. The lowest BCUT2D eigenvalue weighted by atomic mass is 10.1. The summed E-state index contributed by atoms with van der Waals surface area (Å²) in [4.78, 5) is 10.8. The second kappa shape index (κ2) is 3.81. The average molecular weight is 207 g/mol. The molecule has 0 amide bonds. The van der Waals surface area contributed by atoms with E-state index in [1.54, 1.807) is 25.2 Å². The van der Waals surface area contributed by atoms with E-state index in [0.29, 0.717) is 11.8 Å². The van der Waals surface area contributed by atoms with E-state index in [0.717, 1.165) is 18.6 Å². The molecule has 0 saturated heterocycles. The Kier molecular flexibility index (Phi) is 2.49. The van der Waals surface area contributed by atoms with Crippen molar-refractivity contribution in [3.63, 3.8) is 0 Å². The lowest BCUT2D eigenvalue weighted by Crippen LogP contribution is -2.04. The minimum atomic E-state index is -0.933. The summed E-state index contributed by atoms with van der Waals surface area (Å²) in [6, 6.07) is 4.98. The zero-order valence-electron chi connectivity index (χ0n) is 8.49. The minimum Gasteiger partial charge on any atom is -0.490 e. The highest BCUT2D eigenvalue weighted by molar-refractivity contribution is 5.94. The Balaban J connectivity index is 2.24. The summed E-state index contributed by atoms with van der Waals surface area (Å²) in [5.41, 5.74) is 0.848. The maximum Gasteiger partial charge on any atom is 0.337 e. The van der Waals surface area contributed by atoms with E-state index in [9.17, 15) is 4.79 Å². The van der Waals surface area contributed by atoms with Crippen LogP contribution in [0.15, 0.2) is 18.2 Å². The molecule has 0 heterocycles. The Morgan fingerprint density at radius 2 is 2.27 bits per heavy atom. The maximum atomic E-state index is 10.8. The van der Waals surface area contributed by atoms with Gasteiger partial charge in [0.05, 0.1) is 17.4 Å². The number of carboxylic acid groups (broad SMARTS) is 1. The highest BCUT2D eigenvalue weighted by Crippen LogP contribution is 2.29. The molecule has 1 saturated carbocycles. The van der Waals surface area contributed by atoms with Crippen LogP contribution in [0.5, 0.6) is 5.75 Å². The predicted octanol–water partition coefficient (Wildman–Crippen LogP) is 1.97. The fraction of sp³-hybridized carbons (Fsp3) is 0.364. The number of nitrogens with one attached hydrogen (secondary N) is 1. The number of aromatic carboxylic acids is 1. The lowest BCUT2D eigenvalue weighted by Gasteiger charge is -2.09. The Bertz CT molecular complexity index is 385. The monoisotopic (exact) mass is 207 g/mol. The topological polar surface area (TPSA) is 58.6 Å². The second-order valence-electron chi connectivity index (χ2n) is 3.58. The SMILES string of the molecule is CNc1cc(OC2CC2)ccc1C(=O)O. The van der Waals surface area contributed by atoms with Crippen LogP contribution in [-0.4, -0.2) is 24.2 Å². The molecule has 1 aromatic rings. The summed E-state index contributed by atoms with van der Waals surface area (Å²) in [7, 11) is 1.70. The minimum absolute atomic E-state index is 0.264. The van der Waals surface area contributed by atoms with Gasteiger partial charge in [-0.2, -0.15) is 0 Å². The smallest absolute Gasteiger partial charge is 0.337 e. The van der Waals surface area contributed by atoms with E-state index < -0.39 is 5.97 Å². The summed E-state index contributed by atoms with van der Waals surface area (Å²) in [6.45, 7) is 0. The van der Waals surface area contributed by atoms with Crippen LogP contribution in [0.4, 0.5) is 5.69 Å². The summed E-state index contributed by atoms with van der Waals surface area (Å²) in [5, 5.41) is 11.8. The van der Waals surface area contributed by atoms with Gasteiger partial charge in [-0.1, -0.05) is 0 Å². The average Bonchev–Trinajstić information content (AvgIpc) is 3.01. The Morgan fingerprint density at radius 1 is 1.53 bits per heavy atom. The van der Waals surface area contributed by atoms with E-state index in [-0.39, 0.29) is 5.56 Å². The number of carboxylic acids is 1. The van der Waals surface area contributed by atoms with Crippen LogP contribution in [0.25, 0.3) is 0 Å². The Labute approximate surface area is 87.9 Å². The normalized spacial score (nSPS) is 14.7. The lowest BCUT2D eigenvalue weighted by molar-refractivity contribution is 0.0698. The molecule has 0 spiro atoms. The molecule has 1 aliphatic rings. The molecule has 4 heteroatoms. The molecular weight excluding hydrogens is 194 g/mol. The molecule has 0 radical (unpaired) electrons. The predicted molar refractivity (Wildman–Crippen MR) is 56.6 cm³/mol. The molecule has 0 aliphatic heterocycles. The summed E-state index contributed by atoms with van der Waals surface area (Å²) in [5.74, 6) is -0.204. The van der Waals surface area contributed by atoms with Crippen molar-refractivity contribution >= 4 is 11.7 Å². The molecule has 0 bridgehead atoms. The van der Waals surface area contributed by atoms with E-state index in [1.807, 2.05) is 0 Å². The van der Waals surface area contributed by atoms with Gasteiger partial charge in [0.2, 0.25) is 0 Å². The molecule has 4 nitrogen and oxygen atoms in total. The molecule has 0 aromatic heterocycles. The van der Waals surface area contributed by atoms with Crippen molar-refractivity contribution in [3.05, 3.63) is 23.8 Å². The maximum absolute atomic E-state index is 10.8. The first-order valence-corrected chi connectivity index (χ1v) is 4.92. The highest BCUT2D eigenvalue weighted by Gasteiger charge is 2.23. The quantitative estimate of drug-likeness (QED) is 0.792. The van der Waals surface area contributed by atoms with E-state index in [2.05, 4.69) is 5.32 Å². The van der Waals surface area contributed by atoms with E-state index >= 15 is 0 Å². The number of anilines is 1. The molecule has 1 aliphatic carbocycles. The van der Waals surface area contributed by atoms with Gasteiger partial charge in [-0.15, -0.1) is 0 Å². The first-order chi connectivity index (χ1) is 7.20. The third-order valence-electron chi connectivity index (χ3n) is 2.32. The largest absolute Gasteiger partial charge is 0.490 e. The van der Waals surface area contributed by atoms with Gasteiger partial charge in [0.1, 0.15) is 5.75 Å². The van der Waals surface area contributed by atoms with Crippen LogP contribution in [0.2, 0.25) is 0 Å². The number of hydrogen-bond donors (Lipinski definition) is 2. The number of ether oxygens (including phenoxy) is 1. The van der Waals surface area contributed by atoms with Crippen LogP contribution >= 0.6 is 0 Å². The van der Waals surface area contributed by atoms with Crippen molar-refractivity contribution in [3.8, 4) is 5.75 Å². The molecule has 1 fully saturated rings. The van der Waals surface area contributed by atoms with E-state index in [1.165, 1.54) is 0 Å². The molecular formula is C11H13NO3. The zero-order chi connectivity index (χ0) is 10.8. The molecule has 2 rings (SSSR count). The Morgan fingerprint density at radius 3 is 2.80 bits per heavy atom. The number of benzene rings is 1. The first kappa shape index (κ1) is 9.83. The first-order valence-electron chi connectivity index (χ1n) is 4.92. The van der Waals surface area contributed by atoms with Crippen molar-refractivity contribution in [1.82, 2.24) is 0 Å². The van der Waals surface area contributed by atoms with Crippen LogP contribution in [0, 0.1) is 0 Å². The van der Waals surface area contributed by atoms with Crippen LogP contribution < -0.4 is 10.1 Å². The molecule has 0 atom stereocenters. The van der Waals surface area contributed by atoms with Gasteiger partial charge in [-0.3, -0.25) is 0 Å². The van der Waals surface area contributed by atoms with Crippen LogP contribution in [-0.2, 0) is 0 Å². The third-order valence-corrected chi connectivity index (χ3v) is 2.32. The van der Waals surface area contributed by atoms with E-state index in [4.69, 9.17) is 9.84 Å². The highest BCUT2D eigenvalue weighted by atomic mass is 16.5. The van der Waals surface area contributed by atoms with Gasteiger partial charge in [0, 0.05) is 13.1 Å². The molecule has 15 heavy (non-hydrogen) atoms. The van der Waals surface area contributed by atoms with Crippen molar-refractivity contribution in [2.45, 2.75) is 18.9 Å². The van der Waals surface area contributed by atoms with Crippen molar-refractivity contribution in [1.29, 1.82) is 0 Å². The molecule has 2 N–H and O–H groups in total. The van der Waals surface area contributed by atoms with Crippen molar-refractivity contribution < 1.29 is 14.6 Å². The number of hydrogen-bond acceptors (Lipinski definition) is 3. The van der Waals surface area contributed by atoms with Crippen LogP contribution in [0.1, 0.15) is 23.2 Å². The van der Waals surface area contributed by atoms with Gasteiger partial charge >= 0.3 is 5.97 Å². The van der Waals surface area contributed by atoms with Gasteiger partial charge < -0.3 is 15.2 Å². The molecule has 1 aromatic carbocycles. The van der Waals surface area contributed by atoms with Gasteiger partial charge in [-0.25, -0.2) is 4.79 Å². The fourth-order valence-electron chi connectivity index (χ4n) is 1.37. The number of carbonyl (C=O) groups is 1. The summed E-state index contributed by atoms with van der Waals surface area (Å²) >= 11 is 0. The van der Waals surface area contributed by atoms with Gasteiger partial charge in [0.15, 0.2) is 0 Å². The Hall–Kier alpha value is -1.71.